The van der Waals surface area contributed by atoms with Crippen molar-refractivity contribution in [2.24, 2.45) is 5.92 Å². The lowest BCUT2D eigenvalue weighted by molar-refractivity contribution is -0.120. The second-order valence-electron chi connectivity index (χ2n) is 7.88. The molecule has 0 unspecified atom stereocenters. The molecule has 31 heavy (non-hydrogen) atoms. The molecule has 1 fully saturated rings. The first-order valence-electron chi connectivity index (χ1n) is 10.1. The second kappa shape index (κ2) is 9.77. The van der Waals surface area contributed by atoms with E-state index in [1.165, 1.54) is 11.4 Å². The molecule has 6 nitrogen and oxygen atoms in total. The summed E-state index contributed by atoms with van der Waals surface area (Å²) in [7, 11) is -2.38. The Morgan fingerprint density at radius 3 is 2.61 bits per heavy atom. The lowest BCUT2D eigenvalue weighted by atomic mass is 9.98. The number of nitrogens with zero attached hydrogens (tertiary/aromatic N) is 1. The van der Waals surface area contributed by atoms with Crippen LogP contribution in [0.15, 0.2) is 41.3 Å². The van der Waals surface area contributed by atoms with Gasteiger partial charge >= 0.3 is 0 Å². The van der Waals surface area contributed by atoms with E-state index in [0.29, 0.717) is 40.9 Å². The van der Waals surface area contributed by atoms with Crippen molar-refractivity contribution in [1.29, 1.82) is 0 Å². The van der Waals surface area contributed by atoms with Crippen molar-refractivity contribution in [3.05, 3.63) is 52.0 Å². The zero-order valence-corrected chi connectivity index (χ0v) is 20.0. The minimum absolute atomic E-state index is 0.0847. The number of carbonyl (C=O) groups excluding carboxylic acids is 1. The smallest absolute Gasteiger partial charge is 0.246 e. The molecule has 0 bridgehead atoms. The zero-order chi connectivity index (χ0) is 22.8. The van der Waals surface area contributed by atoms with Gasteiger partial charge in [-0.3, -0.25) is 4.79 Å². The zero-order valence-electron chi connectivity index (χ0n) is 17.7. The molecule has 1 amide bonds. The van der Waals surface area contributed by atoms with E-state index < -0.39 is 15.9 Å². The molecule has 0 aromatic heterocycles. The van der Waals surface area contributed by atoms with Gasteiger partial charge in [0.1, 0.15) is 10.6 Å². The molecule has 3 rings (SSSR count). The van der Waals surface area contributed by atoms with Gasteiger partial charge in [-0.05, 0) is 54.7 Å². The predicted molar refractivity (Wildman–Crippen MR) is 124 cm³/mol. The minimum atomic E-state index is -3.83. The standard InChI is InChI=1S/C22H26Cl2N2O4S/c1-14(2)15-6-9-20(30-3)21(11-15)31(28,29)26-10-4-5-16(13-26)22(27)25-19-12-17(23)7-8-18(19)24/h6-9,11-12,14,16H,4-5,10,13H2,1-3H3,(H,25,27)/t16-/m0/s1. The summed E-state index contributed by atoms with van der Waals surface area (Å²) < 4.78 is 33.6. The summed E-state index contributed by atoms with van der Waals surface area (Å²) in [4.78, 5) is 13.0. The number of piperidine rings is 1. The summed E-state index contributed by atoms with van der Waals surface area (Å²) in [6.07, 6.45) is 1.16. The molecule has 1 heterocycles. The third-order valence-electron chi connectivity index (χ3n) is 5.41. The Bertz CT molecular complexity index is 1070. The summed E-state index contributed by atoms with van der Waals surface area (Å²) in [5.74, 6) is -0.325. The SMILES string of the molecule is COc1ccc(C(C)C)cc1S(=O)(=O)N1CCC[C@H](C(=O)Nc2cc(Cl)ccc2Cl)C1. The highest BCUT2D eigenvalue weighted by molar-refractivity contribution is 7.89. The maximum absolute atomic E-state index is 13.4. The third-order valence-corrected chi connectivity index (χ3v) is 7.86. The lowest BCUT2D eigenvalue weighted by Gasteiger charge is -2.31. The van der Waals surface area contributed by atoms with Crippen molar-refractivity contribution >= 4 is 44.8 Å². The summed E-state index contributed by atoms with van der Waals surface area (Å²) in [6.45, 7) is 4.43. The van der Waals surface area contributed by atoms with Gasteiger partial charge in [-0.15, -0.1) is 0 Å². The quantitative estimate of drug-likeness (QED) is 0.613. The third kappa shape index (κ3) is 5.34. The van der Waals surface area contributed by atoms with Crippen LogP contribution in [-0.2, 0) is 14.8 Å². The van der Waals surface area contributed by atoms with Gasteiger partial charge in [0.2, 0.25) is 15.9 Å². The largest absolute Gasteiger partial charge is 0.495 e. The number of halogens is 2. The van der Waals surface area contributed by atoms with Crippen LogP contribution in [0.1, 0.15) is 38.2 Å². The molecule has 0 radical (unpaired) electrons. The average molecular weight is 485 g/mol. The second-order valence-corrected chi connectivity index (χ2v) is 10.6. The van der Waals surface area contributed by atoms with Crippen molar-refractivity contribution < 1.29 is 17.9 Å². The normalized spacial score (nSPS) is 17.5. The molecule has 1 atom stereocenters. The number of carbonyl (C=O) groups is 1. The first kappa shape index (κ1) is 23.9. The van der Waals surface area contributed by atoms with Crippen LogP contribution >= 0.6 is 23.2 Å². The minimum Gasteiger partial charge on any atom is -0.495 e. The number of anilines is 1. The molecule has 0 aliphatic carbocycles. The Kier molecular flexibility index (Phi) is 7.52. The van der Waals surface area contributed by atoms with Crippen LogP contribution < -0.4 is 10.1 Å². The molecule has 0 spiro atoms. The Morgan fingerprint density at radius 1 is 1.19 bits per heavy atom. The summed E-state index contributed by atoms with van der Waals surface area (Å²) in [5, 5.41) is 3.60. The van der Waals surface area contributed by atoms with Crippen LogP contribution in [0.3, 0.4) is 0 Å². The van der Waals surface area contributed by atoms with E-state index in [4.69, 9.17) is 27.9 Å². The van der Waals surface area contributed by atoms with E-state index in [9.17, 15) is 13.2 Å². The molecular weight excluding hydrogens is 459 g/mol. The van der Waals surface area contributed by atoms with Crippen LogP contribution in [-0.4, -0.2) is 38.8 Å². The molecule has 9 heteroatoms. The maximum Gasteiger partial charge on any atom is 0.246 e. The first-order valence-corrected chi connectivity index (χ1v) is 12.3. The van der Waals surface area contributed by atoms with Gasteiger partial charge in [-0.2, -0.15) is 4.31 Å². The number of amides is 1. The highest BCUT2D eigenvalue weighted by Crippen LogP contribution is 2.33. The van der Waals surface area contributed by atoms with E-state index >= 15 is 0 Å². The topological polar surface area (TPSA) is 75.7 Å². The monoisotopic (exact) mass is 484 g/mol. The maximum atomic E-state index is 13.4. The first-order chi connectivity index (χ1) is 14.6. The van der Waals surface area contributed by atoms with Crippen molar-refractivity contribution in [2.75, 3.05) is 25.5 Å². The van der Waals surface area contributed by atoms with Gasteiger partial charge in [0.05, 0.1) is 23.7 Å². The number of benzene rings is 2. The number of nitrogens with one attached hydrogen (secondary N) is 1. The van der Waals surface area contributed by atoms with Gasteiger partial charge in [-0.1, -0.05) is 43.1 Å². The number of hydrogen-bond acceptors (Lipinski definition) is 4. The van der Waals surface area contributed by atoms with Gasteiger partial charge in [-0.25, -0.2) is 8.42 Å². The van der Waals surface area contributed by atoms with E-state index in [-0.39, 0.29) is 23.3 Å². The Hall–Kier alpha value is -1.80. The van der Waals surface area contributed by atoms with Crippen molar-refractivity contribution in [3.8, 4) is 5.75 Å². The van der Waals surface area contributed by atoms with Crippen molar-refractivity contribution in [2.45, 2.75) is 37.5 Å². The van der Waals surface area contributed by atoms with Crippen molar-refractivity contribution in [3.63, 3.8) is 0 Å². The van der Waals surface area contributed by atoms with Crippen LogP contribution in [0.5, 0.6) is 5.75 Å². The van der Waals surface area contributed by atoms with E-state index in [1.807, 2.05) is 19.9 Å². The van der Waals surface area contributed by atoms with Crippen LogP contribution in [0.2, 0.25) is 10.0 Å². The summed E-state index contributed by atoms with van der Waals surface area (Å²) in [6, 6.07) is 10.0. The van der Waals surface area contributed by atoms with E-state index in [1.54, 1.807) is 30.3 Å². The van der Waals surface area contributed by atoms with Crippen LogP contribution in [0.4, 0.5) is 5.69 Å². The summed E-state index contributed by atoms with van der Waals surface area (Å²) >= 11 is 12.1. The van der Waals surface area contributed by atoms with E-state index in [0.717, 1.165) is 5.56 Å². The molecule has 1 aliphatic heterocycles. The Morgan fingerprint density at radius 2 is 1.94 bits per heavy atom. The number of ether oxygens (including phenoxy) is 1. The van der Waals surface area contributed by atoms with Crippen LogP contribution in [0.25, 0.3) is 0 Å². The molecule has 0 saturated carbocycles. The highest BCUT2D eigenvalue weighted by atomic mass is 35.5. The molecule has 1 N–H and O–H groups in total. The van der Waals surface area contributed by atoms with E-state index in [2.05, 4.69) is 5.32 Å². The molecule has 2 aromatic rings. The Balaban J connectivity index is 1.83. The highest BCUT2D eigenvalue weighted by Gasteiger charge is 2.35. The fourth-order valence-electron chi connectivity index (χ4n) is 3.60. The molecule has 2 aromatic carbocycles. The van der Waals surface area contributed by atoms with Gasteiger partial charge in [0.15, 0.2) is 0 Å². The number of methoxy groups -OCH3 is 1. The Labute approximate surface area is 193 Å². The fraction of sp³-hybridized carbons (Fsp3) is 0.409. The predicted octanol–water partition coefficient (Wildman–Crippen LogP) is 5.16. The number of sulfonamides is 1. The number of rotatable bonds is 6. The fourth-order valence-corrected chi connectivity index (χ4v) is 5.65. The van der Waals surface area contributed by atoms with Crippen molar-refractivity contribution in [1.82, 2.24) is 4.31 Å². The molecule has 1 aliphatic rings. The molecular formula is C22H26Cl2N2O4S. The summed E-state index contributed by atoms with van der Waals surface area (Å²) in [5.41, 5.74) is 1.31. The lowest BCUT2D eigenvalue weighted by Crippen LogP contribution is -2.43. The average Bonchev–Trinajstić information content (AvgIpc) is 2.75. The van der Waals surface area contributed by atoms with Crippen LogP contribution in [0, 0.1) is 5.92 Å². The van der Waals surface area contributed by atoms with Gasteiger partial charge in [0.25, 0.3) is 0 Å². The molecule has 1 saturated heterocycles. The van der Waals surface area contributed by atoms with Gasteiger partial charge < -0.3 is 10.1 Å². The molecule has 168 valence electrons. The number of hydrogen-bond donors (Lipinski definition) is 1. The van der Waals surface area contributed by atoms with Gasteiger partial charge in [0, 0.05) is 18.1 Å².